The Labute approximate surface area is 101 Å². The van der Waals surface area contributed by atoms with Crippen LogP contribution in [0.15, 0.2) is 12.1 Å². The monoisotopic (exact) mass is 246 g/mol. The van der Waals surface area contributed by atoms with Gasteiger partial charge in [-0.05, 0) is 46.0 Å². The summed E-state index contributed by atoms with van der Waals surface area (Å²) in [6, 6.07) is 4.04. The number of thiophene rings is 1. The summed E-state index contributed by atoms with van der Waals surface area (Å²) in [6.07, 6.45) is 1.00. The van der Waals surface area contributed by atoms with Gasteiger partial charge < -0.3 is 5.73 Å². The minimum atomic E-state index is 0.144. The highest BCUT2D eigenvalue weighted by molar-refractivity contribution is 7.16. The van der Waals surface area contributed by atoms with Gasteiger partial charge in [-0.3, -0.25) is 4.90 Å². The molecule has 0 aliphatic heterocycles. The molecule has 0 aromatic carbocycles. The Hall–Kier alpha value is -0.0900. The minimum Gasteiger partial charge on any atom is -0.330 e. The van der Waals surface area contributed by atoms with Crippen LogP contribution in [0.5, 0.6) is 0 Å². The van der Waals surface area contributed by atoms with E-state index >= 15 is 0 Å². The first-order chi connectivity index (χ1) is 6.95. The lowest BCUT2D eigenvalue weighted by Gasteiger charge is -2.35. The molecule has 0 amide bonds. The average molecular weight is 247 g/mol. The van der Waals surface area contributed by atoms with Crippen molar-refractivity contribution in [2.75, 3.05) is 13.6 Å². The molecule has 1 heterocycles. The Morgan fingerprint density at radius 3 is 2.60 bits per heavy atom. The fourth-order valence-corrected chi connectivity index (χ4v) is 2.57. The standard InChI is InChI=1S/C11H19ClN2S/c1-11(2,6-7-13)14(3)8-9-4-5-10(12)15-9/h4-5H,6-8,13H2,1-3H3. The van der Waals surface area contributed by atoms with Crippen molar-refractivity contribution in [2.45, 2.75) is 32.4 Å². The van der Waals surface area contributed by atoms with Crippen molar-refractivity contribution < 1.29 is 0 Å². The molecule has 0 fully saturated rings. The van der Waals surface area contributed by atoms with E-state index in [9.17, 15) is 0 Å². The summed E-state index contributed by atoms with van der Waals surface area (Å²) in [5.74, 6) is 0. The van der Waals surface area contributed by atoms with Crippen LogP contribution in [0.4, 0.5) is 0 Å². The molecular formula is C11H19ClN2S. The summed E-state index contributed by atoms with van der Waals surface area (Å²) >= 11 is 7.54. The maximum Gasteiger partial charge on any atom is 0.0931 e. The highest BCUT2D eigenvalue weighted by Gasteiger charge is 2.22. The molecule has 1 aromatic rings. The van der Waals surface area contributed by atoms with Crippen molar-refractivity contribution >= 4 is 22.9 Å². The summed E-state index contributed by atoms with van der Waals surface area (Å²) < 4.78 is 0.857. The van der Waals surface area contributed by atoms with E-state index in [2.05, 4.69) is 31.9 Å². The molecule has 0 bridgehead atoms. The van der Waals surface area contributed by atoms with E-state index in [0.29, 0.717) is 0 Å². The van der Waals surface area contributed by atoms with Crippen molar-refractivity contribution in [3.63, 3.8) is 0 Å². The number of rotatable bonds is 5. The summed E-state index contributed by atoms with van der Waals surface area (Å²) in [5, 5.41) is 0. The number of hydrogen-bond donors (Lipinski definition) is 1. The van der Waals surface area contributed by atoms with Gasteiger partial charge in [-0.2, -0.15) is 0 Å². The molecular weight excluding hydrogens is 228 g/mol. The van der Waals surface area contributed by atoms with Crippen LogP contribution in [0.25, 0.3) is 0 Å². The lowest BCUT2D eigenvalue weighted by molar-refractivity contribution is 0.141. The molecule has 2 N–H and O–H groups in total. The molecule has 0 aliphatic carbocycles. The van der Waals surface area contributed by atoms with E-state index in [-0.39, 0.29) is 5.54 Å². The molecule has 0 saturated heterocycles. The second-order valence-corrected chi connectivity index (χ2v) is 6.21. The molecule has 15 heavy (non-hydrogen) atoms. The molecule has 1 rings (SSSR count). The molecule has 0 radical (unpaired) electrons. The Morgan fingerprint density at radius 2 is 2.13 bits per heavy atom. The van der Waals surface area contributed by atoms with E-state index in [0.717, 1.165) is 23.8 Å². The van der Waals surface area contributed by atoms with E-state index in [1.54, 1.807) is 11.3 Å². The van der Waals surface area contributed by atoms with Crippen LogP contribution in [0, 0.1) is 0 Å². The Kier molecular flexibility index (Phi) is 4.59. The predicted octanol–water partition coefficient (Wildman–Crippen LogP) is 2.96. The highest BCUT2D eigenvalue weighted by atomic mass is 35.5. The third-order valence-corrected chi connectivity index (χ3v) is 4.03. The van der Waals surface area contributed by atoms with Crippen LogP contribution in [0.2, 0.25) is 4.34 Å². The summed E-state index contributed by atoms with van der Waals surface area (Å²) in [6.45, 7) is 6.09. The minimum absolute atomic E-state index is 0.144. The predicted molar refractivity (Wildman–Crippen MR) is 68.5 cm³/mol. The van der Waals surface area contributed by atoms with Crippen molar-refractivity contribution in [3.8, 4) is 0 Å². The fraction of sp³-hybridized carbons (Fsp3) is 0.636. The van der Waals surface area contributed by atoms with E-state index in [1.807, 2.05) is 6.07 Å². The lowest BCUT2D eigenvalue weighted by atomic mass is 9.99. The lowest BCUT2D eigenvalue weighted by Crippen LogP contribution is -2.41. The number of nitrogens with zero attached hydrogens (tertiary/aromatic N) is 1. The Morgan fingerprint density at radius 1 is 1.47 bits per heavy atom. The topological polar surface area (TPSA) is 29.3 Å². The first-order valence-electron chi connectivity index (χ1n) is 5.11. The molecule has 2 nitrogen and oxygen atoms in total. The van der Waals surface area contributed by atoms with Gasteiger partial charge in [0.05, 0.1) is 4.34 Å². The van der Waals surface area contributed by atoms with Crippen molar-refractivity contribution in [2.24, 2.45) is 5.73 Å². The van der Waals surface area contributed by atoms with Gasteiger partial charge in [-0.25, -0.2) is 0 Å². The number of halogens is 1. The Balaban J connectivity index is 2.58. The third-order valence-electron chi connectivity index (χ3n) is 2.81. The second kappa shape index (κ2) is 5.30. The summed E-state index contributed by atoms with van der Waals surface area (Å²) in [5.41, 5.74) is 5.75. The number of nitrogens with two attached hydrogens (primary N) is 1. The van der Waals surface area contributed by atoms with Crippen LogP contribution >= 0.6 is 22.9 Å². The molecule has 0 unspecified atom stereocenters. The molecule has 0 saturated carbocycles. The number of hydrogen-bond acceptors (Lipinski definition) is 3. The Bertz CT molecular complexity index is 309. The van der Waals surface area contributed by atoms with E-state index in [4.69, 9.17) is 17.3 Å². The molecule has 0 atom stereocenters. The smallest absolute Gasteiger partial charge is 0.0931 e. The summed E-state index contributed by atoms with van der Waals surface area (Å²) in [4.78, 5) is 3.62. The fourth-order valence-electron chi connectivity index (χ4n) is 1.43. The van der Waals surface area contributed by atoms with Crippen molar-refractivity contribution in [1.29, 1.82) is 0 Å². The zero-order valence-electron chi connectivity index (χ0n) is 9.59. The zero-order valence-corrected chi connectivity index (χ0v) is 11.2. The maximum absolute atomic E-state index is 5.90. The van der Waals surface area contributed by atoms with Gasteiger partial charge in [0.1, 0.15) is 0 Å². The van der Waals surface area contributed by atoms with Crippen LogP contribution in [0.1, 0.15) is 25.1 Å². The van der Waals surface area contributed by atoms with Gasteiger partial charge >= 0.3 is 0 Å². The first kappa shape index (κ1) is 13.0. The SMILES string of the molecule is CN(Cc1ccc(Cl)s1)C(C)(C)CCN. The molecule has 0 aliphatic rings. The van der Waals surface area contributed by atoms with Gasteiger partial charge in [0.25, 0.3) is 0 Å². The van der Waals surface area contributed by atoms with Crippen LogP contribution in [-0.4, -0.2) is 24.0 Å². The van der Waals surface area contributed by atoms with Crippen molar-refractivity contribution in [1.82, 2.24) is 4.90 Å². The second-order valence-electron chi connectivity index (χ2n) is 4.41. The van der Waals surface area contributed by atoms with Gasteiger partial charge in [-0.15, -0.1) is 11.3 Å². The summed E-state index contributed by atoms with van der Waals surface area (Å²) in [7, 11) is 2.13. The van der Waals surface area contributed by atoms with Gasteiger partial charge in [0.15, 0.2) is 0 Å². The average Bonchev–Trinajstić information content (AvgIpc) is 2.51. The van der Waals surface area contributed by atoms with Gasteiger partial charge in [0.2, 0.25) is 0 Å². The van der Waals surface area contributed by atoms with E-state index in [1.165, 1.54) is 4.88 Å². The quantitative estimate of drug-likeness (QED) is 0.866. The van der Waals surface area contributed by atoms with Crippen LogP contribution in [-0.2, 0) is 6.54 Å². The molecule has 1 aromatic heterocycles. The van der Waals surface area contributed by atoms with E-state index < -0.39 is 0 Å². The molecule has 86 valence electrons. The van der Waals surface area contributed by atoms with Crippen LogP contribution in [0.3, 0.4) is 0 Å². The van der Waals surface area contributed by atoms with Crippen molar-refractivity contribution in [3.05, 3.63) is 21.3 Å². The third kappa shape index (κ3) is 3.76. The zero-order chi connectivity index (χ0) is 11.5. The molecule has 0 spiro atoms. The first-order valence-corrected chi connectivity index (χ1v) is 6.30. The van der Waals surface area contributed by atoms with Gasteiger partial charge in [0, 0.05) is 17.0 Å². The highest BCUT2D eigenvalue weighted by Crippen LogP contribution is 2.25. The largest absolute Gasteiger partial charge is 0.330 e. The maximum atomic E-state index is 5.90. The molecule has 4 heteroatoms. The van der Waals surface area contributed by atoms with Gasteiger partial charge in [-0.1, -0.05) is 11.6 Å². The normalized spacial score (nSPS) is 12.4. The van der Waals surface area contributed by atoms with Crippen LogP contribution < -0.4 is 5.73 Å².